The molecule has 0 spiro atoms. The molecule has 0 saturated carbocycles. The van der Waals surface area contributed by atoms with E-state index in [2.05, 4.69) is 10.6 Å². The minimum Gasteiger partial charge on any atom is -0.478 e. The second kappa shape index (κ2) is 11.5. The second-order valence-electron chi connectivity index (χ2n) is 8.56. The first-order valence-corrected chi connectivity index (χ1v) is 12.0. The molecule has 0 radical (unpaired) electrons. The summed E-state index contributed by atoms with van der Waals surface area (Å²) in [5.41, 5.74) is 1.80. The molecule has 0 fully saturated rings. The maximum Gasteiger partial charge on any atom is 0.336 e. The van der Waals surface area contributed by atoms with Crippen LogP contribution in [0.15, 0.2) is 42.5 Å². The number of anilines is 1. The number of carboxylic acids is 2. The number of aromatic carboxylic acids is 2. The SMILES string of the molecule is CCCCCNC(=O)c1ccc(C(=O)Nc2c(C)cccc2CC)c2c(C(=O)O)ccc(C(=O)O)c12. The Bertz CT molecular complexity index is 1350. The Labute approximate surface area is 209 Å². The first-order valence-electron chi connectivity index (χ1n) is 12.0. The van der Waals surface area contributed by atoms with Crippen LogP contribution in [0, 0.1) is 6.92 Å². The second-order valence-corrected chi connectivity index (χ2v) is 8.56. The standard InChI is InChI=1S/C28H30N2O6/c1-4-6-7-15-29-25(31)18-11-12-19(26(32)30-24-16(3)9-8-10-17(24)5-2)23-21(28(35)36)14-13-20(22(18)23)27(33)34/h8-14H,4-7,15H2,1-3H3,(H,29,31)(H,30,32)(H,33,34)(H,35,36). The summed E-state index contributed by atoms with van der Waals surface area (Å²) < 4.78 is 0. The van der Waals surface area contributed by atoms with Crippen molar-refractivity contribution >= 4 is 40.2 Å². The summed E-state index contributed by atoms with van der Waals surface area (Å²) in [6.45, 7) is 6.23. The number of amides is 2. The minimum absolute atomic E-state index is 0.00341. The molecule has 2 amide bonds. The zero-order valence-corrected chi connectivity index (χ0v) is 20.6. The van der Waals surface area contributed by atoms with Crippen LogP contribution in [0.3, 0.4) is 0 Å². The van der Waals surface area contributed by atoms with Gasteiger partial charge in [0.25, 0.3) is 11.8 Å². The highest BCUT2D eigenvalue weighted by molar-refractivity contribution is 6.24. The number of benzene rings is 3. The summed E-state index contributed by atoms with van der Waals surface area (Å²) in [7, 11) is 0. The van der Waals surface area contributed by atoms with Gasteiger partial charge in [-0.2, -0.15) is 0 Å². The summed E-state index contributed by atoms with van der Waals surface area (Å²) in [5.74, 6) is -3.79. The number of carbonyl (C=O) groups is 4. The van der Waals surface area contributed by atoms with E-state index in [0.29, 0.717) is 18.7 Å². The average molecular weight is 491 g/mol. The van der Waals surface area contributed by atoms with Crippen molar-refractivity contribution in [2.24, 2.45) is 0 Å². The Hall–Kier alpha value is -4.20. The molecule has 0 saturated heterocycles. The van der Waals surface area contributed by atoms with Crippen molar-refractivity contribution in [3.05, 3.63) is 75.8 Å². The average Bonchev–Trinajstić information content (AvgIpc) is 2.85. The summed E-state index contributed by atoms with van der Waals surface area (Å²) in [4.78, 5) is 50.7. The lowest BCUT2D eigenvalue weighted by atomic mass is 9.90. The Morgan fingerprint density at radius 2 is 1.31 bits per heavy atom. The van der Waals surface area contributed by atoms with Gasteiger partial charge in [-0.05, 0) is 55.2 Å². The monoisotopic (exact) mass is 490 g/mol. The van der Waals surface area contributed by atoms with Gasteiger partial charge in [0.15, 0.2) is 0 Å². The molecule has 0 aliphatic rings. The van der Waals surface area contributed by atoms with E-state index in [0.717, 1.165) is 42.5 Å². The molecule has 3 aromatic carbocycles. The normalized spacial score (nSPS) is 10.8. The zero-order chi connectivity index (χ0) is 26.4. The summed E-state index contributed by atoms with van der Waals surface area (Å²) in [6.07, 6.45) is 3.30. The fraction of sp³-hybridized carbons (Fsp3) is 0.286. The number of hydrogen-bond donors (Lipinski definition) is 4. The van der Waals surface area contributed by atoms with E-state index in [1.54, 1.807) is 0 Å². The summed E-state index contributed by atoms with van der Waals surface area (Å²) in [5, 5.41) is 25.2. The van der Waals surface area contributed by atoms with Gasteiger partial charge in [0.1, 0.15) is 0 Å². The molecular weight excluding hydrogens is 460 g/mol. The Kier molecular flexibility index (Phi) is 8.42. The van der Waals surface area contributed by atoms with Crippen LogP contribution in [-0.4, -0.2) is 40.5 Å². The molecule has 3 rings (SSSR count). The first-order chi connectivity index (χ1) is 17.2. The van der Waals surface area contributed by atoms with E-state index in [1.807, 2.05) is 39.0 Å². The van der Waals surface area contributed by atoms with E-state index in [-0.39, 0.29) is 33.0 Å². The van der Waals surface area contributed by atoms with Crippen molar-refractivity contribution in [3.8, 4) is 0 Å². The van der Waals surface area contributed by atoms with Crippen LogP contribution in [-0.2, 0) is 6.42 Å². The van der Waals surface area contributed by atoms with E-state index in [9.17, 15) is 29.4 Å². The molecule has 188 valence electrons. The Morgan fingerprint density at radius 1 is 0.750 bits per heavy atom. The largest absolute Gasteiger partial charge is 0.478 e. The van der Waals surface area contributed by atoms with Gasteiger partial charge in [-0.3, -0.25) is 9.59 Å². The molecule has 0 aromatic heterocycles. The fourth-order valence-electron chi connectivity index (χ4n) is 4.29. The number of hydrogen-bond acceptors (Lipinski definition) is 4. The van der Waals surface area contributed by atoms with E-state index >= 15 is 0 Å². The highest BCUT2D eigenvalue weighted by Gasteiger charge is 2.26. The number of carboxylic acid groups (broad SMARTS) is 2. The number of aryl methyl sites for hydroxylation is 2. The molecule has 0 heterocycles. The molecular formula is C28H30N2O6. The number of rotatable bonds is 10. The highest BCUT2D eigenvalue weighted by Crippen LogP contribution is 2.32. The molecule has 0 bridgehead atoms. The molecule has 8 nitrogen and oxygen atoms in total. The van der Waals surface area contributed by atoms with Gasteiger partial charge in [-0.25, -0.2) is 9.59 Å². The van der Waals surface area contributed by atoms with Gasteiger partial charge in [0.2, 0.25) is 0 Å². The fourth-order valence-corrected chi connectivity index (χ4v) is 4.29. The molecule has 0 aliphatic carbocycles. The van der Waals surface area contributed by atoms with Gasteiger partial charge in [-0.1, -0.05) is 44.9 Å². The summed E-state index contributed by atoms with van der Waals surface area (Å²) >= 11 is 0. The lowest BCUT2D eigenvalue weighted by Crippen LogP contribution is -2.26. The van der Waals surface area contributed by atoms with Crippen LogP contribution in [0.25, 0.3) is 10.8 Å². The maximum absolute atomic E-state index is 13.5. The number of fused-ring (bicyclic) bond motifs is 1. The number of unbranched alkanes of at least 4 members (excludes halogenated alkanes) is 2. The molecule has 0 atom stereocenters. The van der Waals surface area contributed by atoms with Crippen LogP contribution in [0.1, 0.15) is 85.7 Å². The number of para-hydroxylation sites is 1. The van der Waals surface area contributed by atoms with Gasteiger partial charge in [0.05, 0.1) is 11.1 Å². The topological polar surface area (TPSA) is 133 Å². The molecule has 3 aromatic rings. The van der Waals surface area contributed by atoms with Gasteiger partial charge < -0.3 is 20.8 Å². The van der Waals surface area contributed by atoms with Crippen LogP contribution in [0.2, 0.25) is 0 Å². The maximum atomic E-state index is 13.5. The third kappa shape index (κ3) is 5.38. The van der Waals surface area contributed by atoms with Crippen LogP contribution < -0.4 is 10.6 Å². The van der Waals surface area contributed by atoms with Gasteiger partial charge in [-0.15, -0.1) is 0 Å². The van der Waals surface area contributed by atoms with Gasteiger partial charge in [0, 0.05) is 34.1 Å². The van der Waals surface area contributed by atoms with Gasteiger partial charge >= 0.3 is 11.9 Å². The number of nitrogens with one attached hydrogen (secondary N) is 2. The summed E-state index contributed by atoms with van der Waals surface area (Å²) in [6, 6.07) is 10.7. The Morgan fingerprint density at radius 3 is 1.83 bits per heavy atom. The van der Waals surface area contributed by atoms with E-state index in [1.165, 1.54) is 12.1 Å². The minimum atomic E-state index is -1.34. The van der Waals surface area contributed by atoms with Crippen molar-refractivity contribution in [1.29, 1.82) is 0 Å². The van der Waals surface area contributed by atoms with Crippen LogP contribution in [0.5, 0.6) is 0 Å². The molecule has 36 heavy (non-hydrogen) atoms. The van der Waals surface area contributed by atoms with E-state index in [4.69, 9.17) is 0 Å². The third-order valence-electron chi connectivity index (χ3n) is 6.16. The van der Waals surface area contributed by atoms with Crippen molar-refractivity contribution in [2.45, 2.75) is 46.5 Å². The zero-order valence-electron chi connectivity index (χ0n) is 20.6. The number of carbonyl (C=O) groups excluding carboxylic acids is 2. The van der Waals surface area contributed by atoms with E-state index < -0.39 is 23.8 Å². The lowest BCUT2D eigenvalue weighted by molar-refractivity contribution is 0.0684. The quantitative estimate of drug-likeness (QED) is 0.286. The smallest absolute Gasteiger partial charge is 0.336 e. The van der Waals surface area contributed by atoms with Crippen LogP contribution in [0.4, 0.5) is 5.69 Å². The lowest BCUT2D eigenvalue weighted by Gasteiger charge is -2.17. The highest BCUT2D eigenvalue weighted by atomic mass is 16.4. The predicted molar refractivity (Wildman–Crippen MR) is 138 cm³/mol. The van der Waals surface area contributed by atoms with Crippen molar-refractivity contribution in [2.75, 3.05) is 11.9 Å². The molecule has 0 unspecified atom stereocenters. The molecule has 8 heteroatoms. The molecule has 0 aliphatic heterocycles. The van der Waals surface area contributed by atoms with Crippen LogP contribution >= 0.6 is 0 Å². The third-order valence-corrected chi connectivity index (χ3v) is 6.16. The first kappa shape index (κ1) is 26.4. The Balaban J connectivity index is 2.22. The molecule has 4 N–H and O–H groups in total. The van der Waals surface area contributed by atoms with Crippen molar-refractivity contribution in [3.63, 3.8) is 0 Å². The van der Waals surface area contributed by atoms with Crippen molar-refractivity contribution in [1.82, 2.24) is 5.32 Å². The predicted octanol–water partition coefficient (Wildman–Crippen LogP) is 5.28. The van der Waals surface area contributed by atoms with Crippen molar-refractivity contribution < 1.29 is 29.4 Å².